The van der Waals surface area contributed by atoms with E-state index in [0.29, 0.717) is 12.8 Å². The molecule has 0 radical (unpaired) electrons. The maximum absolute atomic E-state index is 13.1. The molecule has 0 spiro atoms. The first-order valence-corrected chi connectivity index (χ1v) is 33.2. The summed E-state index contributed by atoms with van der Waals surface area (Å²) >= 11 is 0. The van der Waals surface area contributed by atoms with Crippen molar-refractivity contribution in [1.29, 1.82) is 0 Å². The van der Waals surface area contributed by atoms with Gasteiger partial charge in [-0.05, 0) is 12.8 Å². The van der Waals surface area contributed by atoms with Crippen LogP contribution in [0.3, 0.4) is 0 Å². The molecule has 1 rings (SSSR count). The fourth-order valence-electron chi connectivity index (χ4n) is 11.2. The summed E-state index contributed by atoms with van der Waals surface area (Å²) in [5, 5.41) is 54.9. The largest absolute Gasteiger partial charge is 0.394 e. The highest BCUT2D eigenvalue weighted by atomic mass is 16.7. The normalized spacial score (nSPS) is 18.8. The van der Waals surface area contributed by atoms with Gasteiger partial charge in [-0.25, -0.2) is 0 Å². The van der Waals surface area contributed by atoms with Crippen molar-refractivity contribution < 1.29 is 39.8 Å². The first kappa shape index (κ1) is 71.2. The second-order valence-electron chi connectivity index (χ2n) is 23.6. The Morgan fingerprint density at radius 1 is 0.405 bits per heavy atom. The van der Waals surface area contributed by atoms with E-state index >= 15 is 0 Å². The van der Waals surface area contributed by atoms with Gasteiger partial charge in [0.25, 0.3) is 0 Å². The molecule has 0 aromatic carbocycles. The van der Waals surface area contributed by atoms with Crippen LogP contribution in [0.25, 0.3) is 0 Å². The van der Waals surface area contributed by atoms with Crippen LogP contribution >= 0.6 is 0 Å². The zero-order valence-corrected chi connectivity index (χ0v) is 49.4. The summed E-state index contributed by atoms with van der Waals surface area (Å²) in [6.45, 7) is 3.90. The molecule has 74 heavy (non-hydrogen) atoms. The number of amides is 1. The Hall–Kier alpha value is -0.810. The molecule has 7 unspecified atom stereocenters. The van der Waals surface area contributed by atoms with Crippen LogP contribution in [0.1, 0.15) is 354 Å². The van der Waals surface area contributed by atoms with Gasteiger partial charge in [-0.15, -0.1) is 0 Å². The van der Waals surface area contributed by atoms with Gasteiger partial charge in [0.2, 0.25) is 5.91 Å². The van der Waals surface area contributed by atoms with Gasteiger partial charge in [0.1, 0.15) is 24.4 Å². The van der Waals surface area contributed by atoms with E-state index in [1.54, 1.807) is 0 Å². The molecule has 1 fully saturated rings. The van der Waals surface area contributed by atoms with Gasteiger partial charge in [-0.1, -0.05) is 335 Å². The van der Waals surface area contributed by atoms with E-state index in [1.165, 1.54) is 289 Å². The minimum absolute atomic E-state index is 0.130. The van der Waals surface area contributed by atoms with E-state index in [9.17, 15) is 30.3 Å². The molecule has 7 atom stereocenters. The number of hydrogen-bond acceptors (Lipinski definition) is 8. The van der Waals surface area contributed by atoms with Crippen molar-refractivity contribution >= 4 is 5.91 Å². The molecule has 0 bridgehead atoms. The second-order valence-corrected chi connectivity index (χ2v) is 23.6. The lowest BCUT2D eigenvalue weighted by molar-refractivity contribution is -0.302. The zero-order valence-electron chi connectivity index (χ0n) is 49.4. The van der Waals surface area contributed by atoms with Gasteiger partial charge in [-0.3, -0.25) is 4.79 Å². The molecule has 1 aliphatic heterocycles. The van der Waals surface area contributed by atoms with Crippen molar-refractivity contribution in [2.45, 2.75) is 397 Å². The quantitative estimate of drug-likeness (QED) is 0.0330. The predicted octanol–water partition coefficient (Wildman–Crippen LogP) is 17.4. The summed E-state index contributed by atoms with van der Waals surface area (Å²) in [6.07, 6.45) is 61.6. The lowest BCUT2D eigenvalue weighted by Crippen LogP contribution is -2.60. The van der Waals surface area contributed by atoms with Gasteiger partial charge in [0, 0.05) is 6.42 Å². The van der Waals surface area contributed by atoms with Crippen LogP contribution in [-0.2, 0) is 14.3 Å². The highest BCUT2D eigenvalue weighted by molar-refractivity contribution is 5.76. The van der Waals surface area contributed by atoms with E-state index in [4.69, 9.17) is 9.47 Å². The molecule has 1 aliphatic rings. The molecule has 1 saturated heterocycles. The van der Waals surface area contributed by atoms with Gasteiger partial charge < -0.3 is 40.3 Å². The molecule has 9 heteroatoms. The van der Waals surface area contributed by atoms with E-state index in [0.717, 1.165) is 38.5 Å². The summed E-state index contributed by atoms with van der Waals surface area (Å²) in [5.74, 6) is -0.134. The maximum atomic E-state index is 13.1. The lowest BCUT2D eigenvalue weighted by Gasteiger charge is -2.40. The average molecular weight is 1050 g/mol. The number of carbonyl (C=O) groups is 1. The highest BCUT2D eigenvalue weighted by Gasteiger charge is 2.44. The number of nitrogens with one attached hydrogen (secondary N) is 1. The van der Waals surface area contributed by atoms with Crippen LogP contribution in [0, 0.1) is 0 Å². The minimum atomic E-state index is -1.55. The van der Waals surface area contributed by atoms with Crippen LogP contribution in [0.4, 0.5) is 0 Å². The average Bonchev–Trinajstić information content (AvgIpc) is 3.40. The van der Waals surface area contributed by atoms with Crippen molar-refractivity contribution in [3.05, 3.63) is 0 Å². The number of rotatable bonds is 59. The molecule has 442 valence electrons. The molecule has 0 aromatic heterocycles. The fourth-order valence-corrected chi connectivity index (χ4v) is 11.2. The third-order valence-corrected chi connectivity index (χ3v) is 16.5. The number of hydrogen-bond donors (Lipinski definition) is 6. The van der Waals surface area contributed by atoms with Gasteiger partial charge in [0.05, 0.1) is 25.4 Å². The SMILES string of the molecule is CCCCCCCCCCCCCCCCCCCCCCCCCCCCCCCC(O)C(COC1OC(CO)C(O)C(O)C1O)NC(=O)CCCCCCCCCCCCCCCCCCCCCCCC. The summed E-state index contributed by atoms with van der Waals surface area (Å²) in [5.41, 5.74) is 0. The van der Waals surface area contributed by atoms with Crippen molar-refractivity contribution in [1.82, 2.24) is 5.32 Å². The van der Waals surface area contributed by atoms with E-state index in [2.05, 4.69) is 19.2 Å². The monoisotopic (exact) mass is 1050 g/mol. The van der Waals surface area contributed by atoms with Gasteiger partial charge in [-0.2, -0.15) is 0 Å². The topological polar surface area (TPSA) is 149 Å². The van der Waals surface area contributed by atoms with Crippen molar-refractivity contribution in [3.63, 3.8) is 0 Å². The molecule has 0 aromatic rings. The Labute approximate surface area is 459 Å². The van der Waals surface area contributed by atoms with E-state index in [1.807, 2.05) is 0 Å². The minimum Gasteiger partial charge on any atom is -0.394 e. The summed E-state index contributed by atoms with van der Waals surface area (Å²) in [7, 11) is 0. The Morgan fingerprint density at radius 3 is 0.959 bits per heavy atom. The summed E-state index contributed by atoms with van der Waals surface area (Å²) < 4.78 is 11.4. The Balaban J connectivity index is 2.12. The number of unbranched alkanes of at least 4 members (excludes halogenated alkanes) is 49. The van der Waals surface area contributed by atoms with Crippen molar-refractivity contribution in [2.75, 3.05) is 13.2 Å². The molecular formula is C65H129NO8. The molecule has 9 nitrogen and oxygen atoms in total. The number of aliphatic hydroxyl groups excluding tert-OH is 5. The summed E-state index contributed by atoms with van der Waals surface area (Å²) in [6, 6.07) is -0.714. The Kier molecular flexibility index (Phi) is 53.4. The number of aliphatic hydroxyl groups is 5. The summed E-state index contributed by atoms with van der Waals surface area (Å²) in [4.78, 5) is 13.1. The third-order valence-electron chi connectivity index (χ3n) is 16.5. The van der Waals surface area contributed by atoms with Gasteiger partial charge in [0.15, 0.2) is 6.29 Å². The molecule has 0 saturated carbocycles. The van der Waals surface area contributed by atoms with E-state index in [-0.39, 0.29) is 12.5 Å². The first-order valence-electron chi connectivity index (χ1n) is 33.2. The van der Waals surface area contributed by atoms with Crippen LogP contribution < -0.4 is 5.32 Å². The molecule has 1 heterocycles. The predicted molar refractivity (Wildman–Crippen MR) is 314 cm³/mol. The lowest BCUT2D eigenvalue weighted by atomic mass is 9.99. The number of carbonyl (C=O) groups excluding carboxylic acids is 1. The molecule has 6 N–H and O–H groups in total. The van der Waals surface area contributed by atoms with Crippen LogP contribution in [0.2, 0.25) is 0 Å². The zero-order chi connectivity index (χ0) is 53.6. The molecular weight excluding hydrogens is 923 g/mol. The Bertz CT molecular complexity index is 1130. The second kappa shape index (κ2) is 55.5. The molecule has 0 aliphatic carbocycles. The van der Waals surface area contributed by atoms with Crippen molar-refractivity contribution in [2.24, 2.45) is 0 Å². The standard InChI is InChI=1S/C65H129NO8/c1-3-5-7-9-11-13-15-17-19-21-23-25-27-28-29-30-31-32-33-34-36-38-40-42-44-46-48-50-52-54-59(68)58(57-73-65-64(72)63(71)62(70)60(56-67)74-65)66-61(69)55-53-51-49-47-45-43-41-39-37-35-26-24-22-20-18-16-14-12-10-8-6-4-2/h58-60,62-65,67-68,70-72H,3-57H2,1-2H3,(H,66,69). The smallest absolute Gasteiger partial charge is 0.220 e. The van der Waals surface area contributed by atoms with Gasteiger partial charge >= 0.3 is 0 Å². The van der Waals surface area contributed by atoms with Crippen LogP contribution in [0.5, 0.6) is 0 Å². The number of ether oxygens (including phenoxy) is 2. The fraction of sp³-hybridized carbons (Fsp3) is 0.985. The maximum Gasteiger partial charge on any atom is 0.220 e. The van der Waals surface area contributed by atoms with Crippen LogP contribution in [0.15, 0.2) is 0 Å². The van der Waals surface area contributed by atoms with Crippen LogP contribution in [-0.4, -0.2) is 87.5 Å². The Morgan fingerprint density at radius 2 is 0.676 bits per heavy atom. The first-order chi connectivity index (χ1) is 36.3. The van der Waals surface area contributed by atoms with E-state index < -0.39 is 49.5 Å². The van der Waals surface area contributed by atoms with Crippen molar-refractivity contribution in [3.8, 4) is 0 Å². The third kappa shape index (κ3) is 44.1. The molecule has 1 amide bonds. The highest BCUT2D eigenvalue weighted by Crippen LogP contribution is 2.24.